The smallest absolute Gasteiger partial charge is 0.0334 e. The number of rotatable bonds is 2. The molecule has 1 rings (SSSR count). The van der Waals surface area contributed by atoms with Gasteiger partial charge in [-0.2, -0.15) is 0 Å². The topological polar surface area (TPSA) is 0 Å². The largest absolute Gasteiger partial charge is 0.0850 e. The van der Waals surface area contributed by atoms with Crippen LogP contribution in [-0.4, -0.2) is 0 Å². The van der Waals surface area contributed by atoms with Gasteiger partial charge < -0.3 is 0 Å². The standard InChI is InChI=1S/C10H9Cl.C2H6/c1-9(11)7-8-10-5-3-2-4-6-10;1-2/h2-8H,1H2;1-2H3/b8-7+;. The third-order valence-electron chi connectivity index (χ3n) is 1.26. The van der Waals surface area contributed by atoms with Crippen molar-refractivity contribution < 1.29 is 0 Å². The maximum absolute atomic E-state index is 5.55. The van der Waals surface area contributed by atoms with Crippen LogP contribution in [0.25, 0.3) is 6.08 Å². The molecule has 0 atom stereocenters. The zero-order chi connectivity index (χ0) is 10.1. The van der Waals surface area contributed by atoms with Gasteiger partial charge >= 0.3 is 0 Å². The fraction of sp³-hybridized carbons (Fsp3) is 0.167. The van der Waals surface area contributed by atoms with E-state index in [1.54, 1.807) is 6.08 Å². The first-order valence-electron chi connectivity index (χ1n) is 4.36. The third-order valence-corrected chi connectivity index (χ3v) is 1.38. The van der Waals surface area contributed by atoms with Crippen molar-refractivity contribution in [3.63, 3.8) is 0 Å². The summed E-state index contributed by atoms with van der Waals surface area (Å²) in [7, 11) is 0. The summed E-state index contributed by atoms with van der Waals surface area (Å²) in [5.74, 6) is 0. The van der Waals surface area contributed by atoms with Crippen LogP contribution in [0.4, 0.5) is 0 Å². The summed E-state index contributed by atoms with van der Waals surface area (Å²) < 4.78 is 0. The van der Waals surface area contributed by atoms with E-state index in [1.165, 1.54) is 0 Å². The van der Waals surface area contributed by atoms with Crippen molar-refractivity contribution >= 4 is 17.7 Å². The lowest BCUT2D eigenvalue weighted by Gasteiger charge is -1.89. The van der Waals surface area contributed by atoms with Gasteiger partial charge in [-0.15, -0.1) is 0 Å². The van der Waals surface area contributed by atoms with E-state index in [9.17, 15) is 0 Å². The maximum atomic E-state index is 5.55. The number of allylic oxidation sites excluding steroid dienone is 2. The molecule has 1 aromatic rings. The zero-order valence-electron chi connectivity index (χ0n) is 8.13. The van der Waals surface area contributed by atoms with E-state index in [0.717, 1.165) is 5.56 Å². The molecule has 0 aliphatic carbocycles. The summed E-state index contributed by atoms with van der Waals surface area (Å²) in [6, 6.07) is 9.97. The summed E-state index contributed by atoms with van der Waals surface area (Å²) in [4.78, 5) is 0. The van der Waals surface area contributed by atoms with Gasteiger partial charge in [0, 0.05) is 5.03 Å². The van der Waals surface area contributed by atoms with E-state index >= 15 is 0 Å². The van der Waals surface area contributed by atoms with Crippen LogP contribution in [0.15, 0.2) is 48.0 Å². The number of halogens is 1. The lowest BCUT2D eigenvalue weighted by atomic mass is 10.2. The second-order valence-electron chi connectivity index (χ2n) is 2.19. The summed E-state index contributed by atoms with van der Waals surface area (Å²) >= 11 is 5.55. The van der Waals surface area contributed by atoms with E-state index in [2.05, 4.69) is 6.58 Å². The van der Waals surface area contributed by atoms with Gasteiger partial charge in [-0.1, -0.05) is 68.4 Å². The Morgan fingerprint density at radius 3 is 2.23 bits per heavy atom. The van der Waals surface area contributed by atoms with E-state index in [1.807, 2.05) is 50.3 Å². The second-order valence-corrected chi connectivity index (χ2v) is 2.68. The maximum Gasteiger partial charge on any atom is 0.0334 e. The molecule has 0 aliphatic rings. The van der Waals surface area contributed by atoms with Crippen LogP contribution >= 0.6 is 11.6 Å². The summed E-state index contributed by atoms with van der Waals surface area (Å²) in [5.41, 5.74) is 1.13. The Labute approximate surface area is 85.6 Å². The minimum absolute atomic E-state index is 0.550. The molecule has 13 heavy (non-hydrogen) atoms. The molecule has 0 unspecified atom stereocenters. The Bertz CT molecular complexity index is 260. The first-order valence-corrected chi connectivity index (χ1v) is 4.74. The molecule has 1 heteroatoms. The Kier molecular flexibility index (Phi) is 7.04. The van der Waals surface area contributed by atoms with Gasteiger partial charge in [0.05, 0.1) is 0 Å². The molecule has 1 aromatic carbocycles. The van der Waals surface area contributed by atoms with Crippen LogP contribution in [0.1, 0.15) is 19.4 Å². The van der Waals surface area contributed by atoms with Crippen molar-refractivity contribution in [3.8, 4) is 0 Å². The molecule has 0 nitrogen and oxygen atoms in total. The molecule has 0 N–H and O–H groups in total. The molecule has 0 aliphatic heterocycles. The second kappa shape index (κ2) is 7.63. The van der Waals surface area contributed by atoms with Crippen LogP contribution in [-0.2, 0) is 0 Å². The monoisotopic (exact) mass is 194 g/mol. The Morgan fingerprint density at radius 2 is 1.77 bits per heavy atom. The highest BCUT2D eigenvalue weighted by molar-refractivity contribution is 6.31. The van der Waals surface area contributed by atoms with Crippen LogP contribution < -0.4 is 0 Å². The quantitative estimate of drug-likeness (QED) is 0.609. The first kappa shape index (κ1) is 12.0. The van der Waals surface area contributed by atoms with E-state index in [4.69, 9.17) is 11.6 Å². The molecular weight excluding hydrogens is 180 g/mol. The van der Waals surface area contributed by atoms with Gasteiger partial charge in [-0.25, -0.2) is 0 Å². The van der Waals surface area contributed by atoms with Gasteiger partial charge in [0.25, 0.3) is 0 Å². The van der Waals surface area contributed by atoms with Crippen LogP contribution in [0.5, 0.6) is 0 Å². The van der Waals surface area contributed by atoms with Crippen LogP contribution in [0.3, 0.4) is 0 Å². The highest BCUT2D eigenvalue weighted by atomic mass is 35.5. The highest BCUT2D eigenvalue weighted by Gasteiger charge is 1.81. The first-order chi connectivity index (χ1) is 6.29. The summed E-state index contributed by atoms with van der Waals surface area (Å²) in [5, 5.41) is 0.550. The van der Waals surface area contributed by atoms with Gasteiger partial charge in [-0.05, 0) is 11.6 Å². The molecule has 0 aromatic heterocycles. The molecule has 0 saturated heterocycles. The van der Waals surface area contributed by atoms with E-state index in [-0.39, 0.29) is 0 Å². The minimum Gasteiger partial charge on any atom is -0.0850 e. The molecule has 70 valence electrons. The molecule has 0 fully saturated rings. The summed E-state index contributed by atoms with van der Waals surface area (Å²) in [6.07, 6.45) is 3.70. The molecule has 0 saturated carbocycles. The van der Waals surface area contributed by atoms with Crippen molar-refractivity contribution in [1.82, 2.24) is 0 Å². The Balaban J connectivity index is 0.000000671. The summed E-state index contributed by atoms with van der Waals surface area (Å²) in [6.45, 7) is 7.55. The zero-order valence-corrected chi connectivity index (χ0v) is 8.88. The number of hydrogen-bond donors (Lipinski definition) is 0. The molecular formula is C12H15Cl. The number of benzene rings is 1. The molecule has 0 spiro atoms. The van der Waals surface area contributed by atoms with Crippen molar-refractivity contribution in [3.05, 3.63) is 53.6 Å². The Hall–Kier alpha value is -1.01. The van der Waals surface area contributed by atoms with Crippen LogP contribution in [0, 0.1) is 0 Å². The average Bonchev–Trinajstić information content (AvgIpc) is 2.19. The van der Waals surface area contributed by atoms with Gasteiger partial charge in [0.2, 0.25) is 0 Å². The predicted octanol–water partition coefficient (Wildman–Crippen LogP) is 4.48. The van der Waals surface area contributed by atoms with Crippen molar-refractivity contribution in [1.29, 1.82) is 0 Å². The van der Waals surface area contributed by atoms with Crippen LogP contribution in [0.2, 0.25) is 0 Å². The van der Waals surface area contributed by atoms with E-state index in [0.29, 0.717) is 5.03 Å². The lowest BCUT2D eigenvalue weighted by Crippen LogP contribution is -1.67. The average molecular weight is 195 g/mol. The molecule has 0 radical (unpaired) electrons. The fourth-order valence-electron chi connectivity index (χ4n) is 0.751. The fourth-order valence-corrected chi connectivity index (χ4v) is 0.814. The normalized spacial score (nSPS) is 9.15. The molecule has 0 amide bonds. The van der Waals surface area contributed by atoms with Gasteiger partial charge in [0.1, 0.15) is 0 Å². The van der Waals surface area contributed by atoms with E-state index < -0.39 is 0 Å². The predicted molar refractivity (Wildman–Crippen MR) is 61.8 cm³/mol. The SMILES string of the molecule is C=C(Cl)/C=C/c1ccccc1.CC. The van der Waals surface area contributed by atoms with Crippen molar-refractivity contribution in [2.45, 2.75) is 13.8 Å². The van der Waals surface area contributed by atoms with Gasteiger partial charge in [0.15, 0.2) is 0 Å². The minimum atomic E-state index is 0.550. The molecule has 0 bridgehead atoms. The molecule has 0 heterocycles. The van der Waals surface area contributed by atoms with Gasteiger partial charge in [-0.3, -0.25) is 0 Å². The lowest BCUT2D eigenvalue weighted by molar-refractivity contribution is 1.50. The Morgan fingerprint density at radius 1 is 1.23 bits per heavy atom. The van der Waals surface area contributed by atoms with Crippen molar-refractivity contribution in [2.24, 2.45) is 0 Å². The highest BCUT2D eigenvalue weighted by Crippen LogP contribution is 2.05. The van der Waals surface area contributed by atoms with Crippen molar-refractivity contribution in [2.75, 3.05) is 0 Å². The third kappa shape index (κ3) is 6.18. The number of hydrogen-bond acceptors (Lipinski definition) is 0.